The first-order chi connectivity index (χ1) is 12.8. The van der Waals surface area contributed by atoms with Crippen molar-refractivity contribution < 1.29 is 13.9 Å². The van der Waals surface area contributed by atoms with Gasteiger partial charge >= 0.3 is 0 Å². The van der Waals surface area contributed by atoms with E-state index < -0.39 is 0 Å². The summed E-state index contributed by atoms with van der Waals surface area (Å²) in [5.41, 5.74) is 1.15. The van der Waals surface area contributed by atoms with Gasteiger partial charge in [0.2, 0.25) is 0 Å². The molecule has 2 N–H and O–H groups in total. The Kier molecular flexibility index (Phi) is 5.36. The summed E-state index contributed by atoms with van der Waals surface area (Å²) in [6.45, 7) is 4.74. The van der Waals surface area contributed by atoms with Gasteiger partial charge in [-0.3, -0.25) is 9.89 Å². The van der Waals surface area contributed by atoms with E-state index in [1.54, 1.807) is 18.5 Å². The fourth-order valence-corrected chi connectivity index (χ4v) is 3.97. The maximum absolute atomic E-state index is 12.5. The second-order valence-corrected chi connectivity index (χ2v) is 7.17. The van der Waals surface area contributed by atoms with Crippen molar-refractivity contribution in [2.45, 2.75) is 31.7 Å². The number of H-pyrrole nitrogens is 1. The lowest BCUT2D eigenvalue weighted by molar-refractivity contribution is 0.0211. The van der Waals surface area contributed by atoms with Crippen LogP contribution in [0.1, 0.15) is 36.0 Å². The first kappa shape index (κ1) is 17.3. The lowest BCUT2D eigenvalue weighted by Crippen LogP contribution is -2.45. The Labute approximate surface area is 153 Å². The SMILES string of the molecule is O=C(NCC1CCN(C2CCOCC2)CC1)c1cn[nH]c1-c1ccco1. The summed E-state index contributed by atoms with van der Waals surface area (Å²) in [5.74, 6) is 1.06. The van der Waals surface area contributed by atoms with Gasteiger partial charge in [0.15, 0.2) is 5.76 Å². The molecule has 0 aliphatic carbocycles. The van der Waals surface area contributed by atoms with E-state index in [0.717, 1.165) is 52.0 Å². The first-order valence-corrected chi connectivity index (χ1v) is 9.48. The van der Waals surface area contributed by atoms with Gasteiger partial charge in [0, 0.05) is 25.8 Å². The largest absolute Gasteiger partial charge is 0.463 e. The molecule has 2 saturated heterocycles. The normalized spacial score (nSPS) is 20.3. The molecule has 0 unspecified atom stereocenters. The Hall–Kier alpha value is -2.12. The van der Waals surface area contributed by atoms with Crippen LogP contribution < -0.4 is 5.32 Å². The number of carbonyl (C=O) groups is 1. The summed E-state index contributed by atoms with van der Waals surface area (Å²) in [4.78, 5) is 15.1. The molecule has 2 fully saturated rings. The Bertz CT molecular complexity index is 698. The number of aromatic amines is 1. The van der Waals surface area contributed by atoms with Crippen LogP contribution in [0.4, 0.5) is 0 Å². The van der Waals surface area contributed by atoms with Crippen molar-refractivity contribution >= 4 is 5.91 Å². The van der Waals surface area contributed by atoms with E-state index in [4.69, 9.17) is 9.15 Å². The number of piperidine rings is 1. The zero-order chi connectivity index (χ0) is 17.8. The molecule has 2 aromatic rings. The lowest BCUT2D eigenvalue weighted by Gasteiger charge is -2.39. The van der Waals surface area contributed by atoms with Gasteiger partial charge in [-0.1, -0.05) is 0 Å². The molecule has 0 saturated carbocycles. The summed E-state index contributed by atoms with van der Waals surface area (Å²) in [6.07, 6.45) is 7.71. The Morgan fingerprint density at radius 3 is 2.81 bits per heavy atom. The summed E-state index contributed by atoms with van der Waals surface area (Å²) < 4.78 is 10.8. The van der Waals surface area contributed by atoms with Crippen molar-refractivity contribution in [1.29, 1.82) is 0 Å². The molecule has 0 radical (unpaired) electrons. The number of ether oxygens (including phenoxy) is 1. The number of likely N-dealkylation sites (tertiary alicyclic amines) is 1. The van der Waals surface area contributed by atoms with Crippen LogP contribution in [0.3, 0.4) is 0 Å². The van der Waals surface area contributed by atoms with E-state index in [1.807, 2.05) is 6.07 Å². The van der Waals surface area contributed by atoms with Gasteiger partial charge in [0.25, 0.3) is 5.91 Å². The highest BCUT2D eigenvalue weighted by molar-refractivity contribution is 5.99. The van der Waals surface area contributed by atoms with Crippen LogP contribution in [0.25, 0.3) is 11.5 Å². The quantitative estimate of drug-likeness (QED) is 0.857. The minimum absolute atomic E-state index is 0.1000. The number of nitrogens with one attached hydrogen (secondary N) is 2. The third-order valence-corrected chi connectivity index (χ3v) is 5.56. The van der Waals surface area contributed by atoms with Gasteiger partial charge in [0.1, 0.15) is 5.69 Å². The molecule has 2 aliphatic heterocycles. The van der Waals surface area contributed by atoms with E-state index in [2.05, 4.69) is 20.4 Å². The Morgan fingerprint density at radius 2 is 2.08 bits per heavy atom. The number of hydrogen-bond donors (Lipinski definition) is 2. The predicted octanol–water partition coefficient (Wildman–Crippen LogP) is 2.29. The predicted molar refractivity (Wildman–Crippen MR) is 96.8 cm³/mol. The highest BCUT2D eigenvalue weighted by atomic mass is 16.5. The molecule has 7 heteroatoms. The minimum atomic E-state index is -0.1000. The number of amides is 1. The molecule has 4 heterocycles. The molecule has 2 aromatic heterocycles. The Balaban J connectivity index is 1.26. The van der Waals surface area contributed by atoms with E-state index in [-0.39, 0.29) is 5.91 Å². The lowest BCUT2D eigenvalue weighted by atomic mass is 9.94. The maximum atomic E-state index is 12.5. The van der Waals surface area contributed by atoms with Gasteiger partial charge in [-0.15, -0.1) is 0 Å². The average molecular weight is 358 g/mol. The van der Waals surface area contributed by atoms with Crippen molar-refractivity contribution in [3.8, 4) is 11.5 Å². The van der Waals surface area contributed by atoms with Crippen LogP contribution in [0.15, 0.2) is 29.0 Å². The molecular weight excluding hydrogens is 332 g/mol. The topological polar surface area (TPSA) is 83.4 Å². The number of hydrogen-bond acceptors (Lipinski definition) is 5. The van der Waals surface area contributed by atoms with Crippen molar-refractivity contribution in [3.63, 3.8) is 0 Å². The third-order valence-electron chi connectivity index (χ3n) is 5.56. The molecule has 140 valence electrons. The number of rotatable bonds is 5. The number of aromatic nitrogens is 2. The van der Waals surface area contributed by atoms with E-state index in [0.29, 0.717) is 35.5 Å². The molecule has 26 heavy (non-hydrogen) atoms. The standard InChI is InChI=1S/C19H26N4O3/c24-19(16-13-21-22-18(16)17-2-1-9-26-17)20-12-14-3-7-23(8-4-14)15-5-10-25-11-6-15/h1-2,9,13-15H,3-8,10-12H2,(H,20,24)(H,21,22). The number of nitrogens with zero attached hydrogens (tertiary/aromatic N) is 2. The zero-order valence-electron chi connectivity index (χ0n) is 14.9. The van der Waals surface area contributed by atoms with E-state index in [1.165, 1.54) is 0 Å². The third kappa shape index (κ3) is 3.83. The van der Waals surface area contributed by atoms with Gasteiger partial charge in [-0.2, -0.15) is 5.10 Å². The maximum Gasteiger partial charge on any atom is 0.255 e. The number of carbonyl (C=O) groups excluding carboxylic acids is 1. The van der Waals surface area contributed by atoms with E-state index >= 15 is 0 Å². The molecule has 2 aliphatic rings. The van der Waals surface area contributed by atoms with Crippen molar-refractivity contribution in [2.75, 3.05) is 32.8 Å². The second kappa shape index (κ2) is 8.05. The van der Waals surface area contributed by atoms with Crippen molar-refractivity contribution in [2.24, 2.45) is 5.92 Å². The molecule has 0 aromatic carbocycles. The van der Waals surface area contributed by atoms with Crippen molar-refractivity contribution in [3.05, 3.63) is 30.2 Å². The summed E-state index contributed by atoms with van der Waals surface area (Å²) in [7, 11) is 0. The smallest absolute Gasteiger partial charge is 0.255 e. The summed E-state index contributed by atoms with van der Waals surface area (Å²) >= 11 is 0. The second-order valence-electron chi connectivity index (χ2n) is 7.17. The summed E-state index contributed by atoms with van der Waals surface area (Å²) in [5, 5.41) is 9.91. The van der Waals surface area contributed by atoms with Crippen LogP contribution in [-0.4, -0.2) is 59.9 Å². The first-order valence-electron chi connectivity index (χ1n) is 9.48. The van der Waals surface area contributed by atoms with Crippen LogP contribution in [-0.2, 0) is 4.74 Å². The number of furan rings is 1. The molecule has 4 rings (SSSR count). The zero-order valence-corrected chi connectivity index (χ0v) is 14.9. The fourth-order valence-electron chi connectivity index (χ4n) is 3.97. The van der Waals surface area contributed by atoms with Gasteiger partial charge < -0.3 is 19.4 Å². The monoisotopic (exact) mass is 358 g/mol. The molecule has 0 bridgehead atoms. The van der Waals surface area contributed by atoms with Crippen LogP contribution in [0, 0.1) is 5.92 Å². The van der Waals surface area contributed by atoms with Crippen molar-refractivity contribution in [1.82, 2.24) is 20.4 Å². The van der Waals surface area contributed by atoms with Gasteiger partial charge in [-0.05, 0) is 56.8 Å². The average Bonchev–Trinajstić information content (AvgIpc) is 3.38. The fraction of sp³-hybridized carbons (Fsp3) is 0.579. The highest BCUT2D eigenvalue weighted by Gasteiger charge is 2.27. The molecule has 0 atom stereocenters. The molecular formula is C19H26N4O3. The van der Waals surface area contributed by atoms with Crippen LogP contribution >= 0.6 is 0 Å². The van der Waals surface area contributed by atoms with Crippen LogP contribution in [0.2, 0.25) is 0 Å². The summed E-state index contributed by atoms with van der Waals surface area (Å²) in [6, 6.07) is 4.29. The van der Waals surface area contributed by atoms with E-state index in [9.17, 15) is 4.79 Å². The highest BCUT2D eigenvalue weighted by Crippen LogP contribution is 2.24. The Morgan fingerprint density at radius 1 is 1.27 bits per heavy atom. The van der Waals surface area contributed by atoms with Gasteiger partial charge in [0.05, 0.1) is 18.0 Å². The molecule has 1 amide bonds. The van der Waals surface area contributed by atoms with Crippen LogP contribution in [0.5, 0.6) is 0 Å². The molecule has 0 spiro atoms. The molecule has 7 nitrogen and oxygen atoms in total. The van der Waals surface area contributed by atoms with Gasteiger partial charge in [-0.25, -0.2) is 0 Å². The minimum Gasteiger partial charge on any atom is -0.463 e.